The fourth-order valence-electron chi connectivity index (χ4n) is 3.58. The number of aromatic nitrogens is 6. The maximum atomic E-state index is 12.5. The van der Waals surface area contributed by atoms with Crippen molar-refractivity contribution in [2.24, 2.45) is 0 Å². The number of hydrogen-bond acceptors (Lipinski definition) is 6. The summed E-state index contributed by atoms with van der Waals surface area (Å²) in [4.78, 5) is 41.1. The molecule has 3 aromatic heterocycles. The first kappa shape index (κ1) is 19.7. The highest BCUT2D eigenvalue weighted by atomic mass is 16.2. The standard InChI is InChI=1S/C20H23N7O3/c1-13(27-19(29)12-15-4-3-5-16(15)23-27)20(30)22-9-11-26-18(28)7-6-17(24-26)25-10-8-21-14(25)2/h6-8,10,12-13H,3-5,9,11H2,1-2H3,(H,22,30). The molecule has 0 bridgehead atoms. The first-order valence-corrected chi connectivity index (χ1v) is 9.92. The van der Waals surface area contributed by atoms with Crippen LogP contribution in [0, 0.1) is 6.92 Å². The largest absolute Gasteiger partial charge is 0.352 e. The van der Waals surface area contributed by atoms with Gasteiger partial charge in [-0.25, -0.2) is 14.3 Å². The smallest absolute Gasteiger partial charge is 0.267 e. The Morgan fingerprint density at radius 2 is 2.03 bits per heavy atom. The topological polar surface area (TPSA) is 117 Å². The van der Waals surface area contributed by atoms with Gasteiger partial charge in [-0.3, -0.25) is 19.0 Å². The van der Waals surface area contributed by atoms with Crippen LogP contribution in [0.3, 0.4) is 0 Å². The van der Waals surface area contributed by atoms with Crippen molar-refractivity contribution in [3.8, 4) is 5.82 Å². The van der Waals surface area contributed by atoms with E-state index in [9.17, 15) is 14.4 Å². The van der Waals surface area contributed by atoms with Gasteiger partial charge in [-0.1, -0.05) is 0 Å². The monoisotopic (exact) mass is 409 g/mol. The minimum absolute atomic E-state index is 0.197. The molecule has 0 aliphatic heterocycles. The van der Waals surface area contributed by atoms with Crippen molar-refractivity contribution in [1.82, 2.24) is 34.4 Å². The van der Waals surface area contributed by atoms with Gasteiger partial charge in [0.15, 0.2) is 5.82 Å². The lowest BCUT2D eigenvalue weighted by Crippen LogP contribution is -2.39. The van der Waals surface area contributed by atoms with Gasteiger partial charge in [0, 0.05) is 31.1 Å². The molecule has 4 rings (SSSR count). The molecule has 0 saturated carbocycles. The fraction of sp³-hybridized carbons (Fsp3) is 0.400. The van der Waals surface area contributed by atoms with Crippen molar-refractivity contribution in [2.45, 2.75) is 45.7 Å². The number of imidazole rings is 1. The highest BCUT2D eigenvalue weighted by Gasteiger charge is 2.21. The zero-order chi connectivity index (χ0) is 21.3. The Labute approximate surface area is 172 Å². The Bertz CT molecular complexity index is 1210. The number of carbonyl (C=O) groups excluding carboxylic acids is 1. The van der Waals surface area contributed by atoms with Crippen LogP contribution in [-0.4, -0.2) is 41.6 Å². The molecule has 0 saturated heterocycles. The SMILES string of the molecule is Cc1nccn1-c1ccc(=O)n(CCNC(=O)C(C)n2nc3c(cc2=O)CCC3)n1. The van der Waals surface area contributed by atoms with Gasteiger partial charge in [-0.15, -0.1) is 0 Å². The van der Waals surface area contributed by atoms with E-state index in [4.69, 9.17) is 0 Å². The van der Waals surface area contributed by atoms with Crippen LogP contribution in [0.1, 0.15) is 36.5 Å². The van der Waals surface area contributed by atoms with Gasteiger partial charge >= 0.3 is 0 Å². The molecule has 0 fully saturated rings. The summed E-state index contributed by atoms with van der Waals surface area (Å²) < 4.78 is 4.29. The zero-order valence-corrected chi connectivity index (χ0v) is 16.9. The molecule has 1 atom stereocenters. The van der Waals surface area contributed by atoms with E-state index >= 15 is 0 Å². The quantitative estimate of drug-likeness (QED) is 0.620. The Morgan fingerprint density at radius 3 is 2.80 bits per heavy atom. The molecular formula is C20H23N7O3. The van der Waals surface area contributed by atoms with Gasteiger partial charge in [0.2, 0.25) is 5.91 Å². The highest BCUT2D eigenvalue weighted by Crippen LogP contribution is 2.18. The zero-order valence-electron chi connectivity index (χ0n) is 16.9. The lowest BCUT2D eigenvalue weighted by molar-refractivity contribution is -0.124. The third-order valence-electron chi connectivity index (χ3n) is 5.28. The predicted molar refractivity (Wildman–Crippen MR) is 109 cm³/mol. The number of hydrogen-bond donors (Lipinski definition) is 1. The van der Waals surface area contributed by atoms with E-state index in [-0.39, 0.29) is 30.1 Å². The van der Waals surface area contributed by atoms with Crippen LogP contribution >= 0.6 is 0 Å². The van der Waals surface area contributed by atoms with Crippen LogP contribution < -0.4 is 16.4 Å². The van der Waals surface area contributed by atoms with Crippen molar-refractivity contribution >= 4 is 5.91 Å². The molecule has 3 heterocycles. The number of nitrogens with one attached hydrogen (secondary N) is 1. The van der Waals surface area contributed by atoms with Gasteiger partial charge in [-0.05, 0) is 44.7 Å². The average molecular weight is 409 g/mol. The molecule has 1 N–H and O–H groups in total. The molecule has 0 radical (unpaired) electrons. The number of aryl methyl sites for hydroxylation is 3. The fourth-order valence-corrected chi connectivity index (χ4v) is 3.58. The molecule has 3 aromatic rings. The number of fused-ring (bicyclic) bond motifs is 1. The first-order valence-electron chi connectivity index (χ1n) is 9.92. The molecule has 156 valence electrons. The summed E-state index contributed by atoms with van der Waals surface area (Å²) >= 11 is 0. The van der Waals surface area contributed by atoms with Gasteiger partial charge in [-0.2, -0.15) is 10.2 Å². The lowest BCUT2D eigenvalue weighted by Gasteiger charge is -2.15. The van der Waals surface area contributed by atoms with Gasteiger partial charge < -0.3 is 5.32 Å². The Morgan fingerprint density at radius 1 is 1.20 bits per heavy atom. The molecule has 1 amide bonds. The van der Waals surface area contributed by atoms with Crippen molar-refractivity contribution < 1.29 is 4.79 Å². The number of carbonyl (C=O) groups is 1. The van der Waals surface area contributed by atoms with Crippen LogP contribution in [0.4, 0.5) is 0 Å². The van der Waals surface area contributed by atoms with E-state index in [1.807, 2.05) is 6.92 Å². The lowest BCUT2D eigenvalue weighted by atomic mass is 10.2. The Kier molecular flexibility index (Phi) is 5.30. The summed E-state index contributed by atoms with van der Waals surface area (Å²) in [7, 11) is 0. The molecule has 10 nitrogen and oxygen atoms in total. The summed E-state index contributed by atoms with van der Waals surface area (Å²) in [6.07, 6.45) is 6.08. The second kappa shape index (κ2) is 8.05. The van der Waals surface area contributed by atoms with E-state index in [0.717, 1.165) is 36.3 Å². The molecule has 0 aromatic carbocycles. The number of nitrogens with zero attached hydrogens (tertiary/aromatic N) is 6. The first-order chi connectivity index (χ1) is 14.4. The molecule has 30 heavy (non-hydrogen) atoms. The van der Waals surface area contributed by atoms with E-state index in [0.29, 0.717) is 5.82 Å². The summed E-state index contributed by atoms with van der Waals surface area (Å²) in [5.41, 5.74) is 1.31. The summed E-state index contributed by atoms with van der Waals surface area (Å²) in [5, 5.41) is 11.5. The maximum Gasteiger partial charge on any atom is 0.267 e. The molecular weight excluding hydrogens is 386 g/mol. The van der Waals surface area contributed by atoms with Crippen LogP contribution in [0.25, 0.3) is 5.82 Å². The molecule has 1 aliphatic rings. The average Bonchev–Trinajstić information content (AvgIpc) is 3.36. The van der Waals surface area contributed by atoms with Crippen molar-refractivity contribution in [1.29, 1.82) is 0 Å². The second-order valence-corrected chi connectivity index (χ2v) is 7.32. The summed E-state index contributed by atoms with van der Waals surface area (Å²) in [6, 6.07) is 3.89. The van der Waals surface area contributed by atoms with Crippen molar-refractivity contribution in [3.05, 3.63) is 68.4 Å². The molecule has 1 aliphatic carbocycles. The summed E-state index contributed by atoms with van der Waals surface area (Å²) in [5.74, 6) is 0.984. The summed E-state index contributed by atoms with van der Waals surface area (Å²) in [6.45, 7) is 3.87. The van der Waals surface area contributed by atoms with Crippen molar-refractivity contribution in [3.63, 3.8) is 0 Å². The van der Waals surface area contributed by atoms with E-state index in [1.54, 1.807) is 36.0 Å². The third kappa shape index (κ3) is 3.80. The van der Waals surface area contributed by atoms with Crippen LogP contribution in [0.15, 0.2) is 40.2 Å². The van der Waals surface area contributed by atoms with Gasteiger partial charge in [0.1, 0.15) is 11.9 Å². The number of rotatable bonds is 6. The molecule has 10 heteroatoms. The van der Waals surface area contributed by atoms with Crippen LogP contribution in [0.5, 0.6) is 0 Å². The highest BCUT2D eigenvalue weighted by molar-refractivity contribution is 5.79. The molecule has 1 unspecified atom stereocenters. The van der Waals surface area contributed by atoms with Gasteiger partial charge in [0.05, 0.1) is 12.2 Å². The number of amides is 1. The maximum absolute atomic E-state index is 12.5. The minimum atomic E-state index is -0.743. The van der Waals surface area contributed by atoms with Crippen LogP contribution in [0.2, 0.25) is 0 Å². The van der Waals surface area contributed by atoms with E-state index < -0.39 is 6.04 Å². The normalized spacial score (nSPS) is 13.8. The molecule has 0 spiro atoms. The second-order valence-electron chi connectivity index (χ2n) is 7.32. The minimum Gasteiger partial charge on any atom is -0.352 e. The third-order valence-corrected chi connectivity index (χ3v) is 5.28. The predicted octanol–water partition coefficient (Wildman–Crippen LogP) is 0.160. The van der Waals surface area contributed by atoms with E-state index in [2.05, 4.69) is 20.5 Å². The van der Waals surface area contributed by atoms with Crippen LogP contribution in [-0.2, 0) is 24.2 Å². The van der Waals surface area contributed by atoms with E-state index in [1.165, 1.54) is 15.4 Å². The Balaban J connectivity index is 1.42. The van der Waals surface area contributed by atoms with Crippen molar-refractivity contribution in [2.75, 3.05) is 6.54 Å². The Hall–Kier alpha value is -3.56. The van der Waals surface area contributed by atoms with Gasteiger partial charge in [0.25, 0.3) is 11.1 Å².